The molecule has 0 atom stereocenters. The van der Waals surface area contributed by atoms with Gasteiger partial charge < -0.3 is 0 Å². The number of hydrogen-bond acceptors (Lipinski definition) is 4. The van der Waals surface area contributed by atoms with Gasteiger partial charge in [0.1, 0.15) is 4.01 Å². The lowest BCUT2D eigenvalue weighted by molar-refractivity contribution is 0.604. The van der Waals surface area contributed by atoms with Crippen LogP contribution in [-0.4, -0.2) is 0 Å². The molecule has 0 bridgehead atoms. The van der Waals surface area contributed by atoms with Crippen LogP contribution in [0.3, 0.4) is 0 Å². The van der Waals surface area contributed by atoms with Crippen LogP contribution in [0, 0.1) is 0 Å². The van der Waals surface area contributed by atoms with E-state index in [1.807, 2.05) is 0 Å². The van der Waals surface area contributed by atoms with Gasteiger partial charge in [-0.05, 0) is 11.5 Å². The fourth-order valence-electron chi connectivity index (χ4n) is 1.06. The van der Waals surface area contributed by atoms with Crippen LogP contribution in [0.15, 0.2) is 10.9 Å². The first-order valence-corrected chi connectivity index (χ1v) is 6.46. The van der Waals surface area contributed by atoms with Crippen LogP contribution in [0.1, 0.15) is 25.6 Å². The summed E-state index contributed by atoms with van der Waals surface area (Å²) >= 11 is 4.49. The van der Waals surface area contributed by atoms with E-state index in [1.165, 1.54) is 31.6 Å². The predicted molar refractivity (Wildman–Crippen MR) is 62.5 cm³/mol. The van der Waals surface area contributed by atoms with E-state index in [4.69, 9.17) is 0 Å². The molecule has 0 saturated carbocycles. The van der Waals surface area contributed by atoms with Gasteiger partial charge in [0.25, 0.3) is 4.06 Å². The van der Waals surface area contributed by atoms with Crippen LogP contribution in [0.4, 0.5) is 0 Å². The molecule has 0 saturated heterocycles. The minimum Gasteiger partial charge on any atom is -0.265 e. The maximum atomic E-state index is 11.1. The Morgan fingerprint density at radius 1 is 1.15 bits per heavy atom. The highest BCUT2D eigenvalue weighted by molar-refractivity contribution is 7.46. The summed E-state index contributed by atoms with van der Waals surface area (Å²) in [7, 11) is 0. The van der Waals surface area contributed by atoms with Crippen molar-refractivity contribution in [2.24, 2.45) is 0 Å². The highest BCUT2D eigenvalue weighted by Crippen LogP contribution is 2.37. The molecule has 0 N–H and O–H groups in total. The van der Waals surface area contributed by atoms with Crippen LogP contribution < -0.4 is 4.06 Å². The topological polar surface area (TPSA) is 17.1 Å². The van der Waals surface area contributed by atoms with Crippen molar-refractivity contribution in [1.82, 2.24) is 0 Å². The third-order valence-electron chi connectivity index (χ3n) is 1.77. The van der Waals surface area contributed by atoms with E-state index in [1.54, 1.807) is 11.3 Å². The normalized spacial score (nSPS) is 12.5. The van der Waals surface area contributed by atoms with Crippen molar-refractivity contribution in [3.63, 3.8) is 0 Å². The first kappa shape index (κ1) is 9.37. The van der Waals surface area contributed by atoms with Gasteiger partial charge in [-0.15, -0.1) is 11.3 Å². The molecule has 4 heteroatoms. The summed E-state index contributed by atoms with van der Waals surface area (Å²) in [6, 6.07) is 2.16. The predicted octanol–water partition coefficient (Wildman–Crippen LogP) is 3.68. The molecule has 70 valence electrons. The molecule has 0 aliphatic rings. The molecule has 0 aliphatic carbocycles. The largest absolute Gasteiger partial charge is 0.289 e. The second-order valence-corrected chi connectivity index (χ2v) is 7.53. The first-order valence-electron chi connectivity index (χ1n) is 4.01. The van der Waals surface area contributed by atoms with Gasteiger partial charge >= 0.3 is 0 Å². The smallest absolute Gasteiger partial charge is 0.265 e. The summed E-state index contributed by atoms with van der Waals surface area (Å²) in [5, 5.41) is 0. The van der Waals surface area contributed by atoms with Gasteiger partial charge in [0.15, 0.2) is 0 Å². The molecule has 2 heterocycles. The van der Waals surface area contributed by atoms with Gasteiger partial charge in [0.2, 0.25) is 0 Å². The van der Waals surface area contributed by atoms with Crippen molar-refractivity contribution in [2.45, 2.75) is 26.2 Å². The second kappa shape index (κ2) is 2.90. The molecule has 0 aliphatic heterocycles. The summed E-state index contributed by atoms with van der Waals surface area (Å²) in [5.41, 5.74) is 0.208. The van der Waals surface area contributed by atoms with Gasteiger partial charge in [-0.1, -0.05) is 43.4 Å². The van der Waals surface area contributed by atoms with Crippen LogP contribution in [-0.2, 0) is 5.41 Å². The van der Waals surface area contributed by atoms with Crippen LogP contribution in [0.25, 0.3) is 8.71 Å². The fraction of sp³-hybridized carbons (Fsp3) is 0.444. The van der Waals surface area contributed by atoms with Crippen molar-refractivity contribution in [3.05, 3.63) is 19.8 Å². The average Bonchev–Trinajstić information content (AvgIpc) is 2.40. The Hall–Kier alpha value is -0.190. The van der Waals surface area contributed by atoms with Gasteiger partial charge in [-0.25, -0.2) is 0 Å². The van der Waals surface area contributed by atoms with Crippen molar-refractivity contribution >= 4 is 42.7 Å². The molecule has 0 unspecified atom stereocenters. The van der Waals surface area contributed by atoms with Crippen LogP contribution in [0.2, 0.25) is 0 Å². The molecule has 0 radical (unpaired) electrons. The molecule has 1 nitrogen and oxygen atoms in total. The molecule has 13 heavy (non-hydrogen) atoms. The third kappa shape index (κ3) is 1.71. The highest BCUT2D eigenvalue weighted by atomic mass is 32.2. The van der Waals surface area contributed by atoms with Crippen molar-refractivity contribution in [3.8, 4) is 0 Å². The van der Waals surface area contributed by atoms with Crippen molar-refractivity contribution in [1.29, 1.82) is 0 Å². The minimum absolute atomic E-state index is 0.208. The number of hydrogen-bond donors (Lipinski definition) is 0. The van der Waals surface area contributed by atoms with E-state index in [0.717, 1.165) is 4.70 Å². The van der Waals surface area contributed by atoms with Gasteiger partial charge in [0, 0.05) is 4.88 Å². The van der Waals surface area contributed by atoms with Crippen molar-refractivity contribution in [2.75, 3.05) is 0 Å². The standard InChI is InChI=1S/C9H10OS3/c1-9(2,3)6-4-5-7(12-6)13-8(10)11-5/h4H,1-3H3. The summed E-state index contributed by atoms with van der Waals surface area (Å²) < 4.78 is 2.55. The molecule has 0 amide bonds. The first-order chi connectivity index (χ1) is 5.97. The van der Waals surface area contributed by atoms with E-state index in [-0.39, 0.29) is 9.47 Å². The zero-order valence-corrected chi connectivity index (χ0v) is 10.2. The molecular weight excluding hydrogens is 220 g/mol. The summed E-state index contributed by atoms with van der Waals surface area (Å²) in [4.78, 5) is 12.4. The van der Waals surface area contributed by atoms with E-state index in [0.29, 0.717) is 0 Å². The Kier molecular flexibility index (Phi) is 2.09. The Labute approximate surface area is 88.7 Å². The Morgan fingerprint density at radius 2 is 1.85 bits per heavy atom. The lowest BCUT2D eigenvalue weighted by atomic mass is 9.95. The SMILES string of the molecule is CC(C)(C)c1cc2sc(=O)sc2s1. The quantitative estimate of drug-likeness (QED) is 0.674. The summed E-state index contributed by atoms with van der Waals surface area (Å²) in [5.74, 6) is 0. The third-order valence-corrected chi connectivity index (χ3v) is 5.67. The molecule has 0 fully saturated rings. The molecule has 2 aromatic rings. The summed E-state index contributed by atoms with van der Waals surface area (Å²) in [6.45, 7) is 6.60. The number of fused-ring (bicyclic) bond motifs is 1. The minimum atomic E-state index is 0.208. The van der Waals surface area contributed by atoms with Gasteiger partial charge in [-0.3, -0.25) is 4.79 Å². The van der Waals surface area contributed by atoms with E-state index in [2.05, 4.69) is 26.8 Å². The Balaban J connectivity index is 2.64. The van der Waals surface area contributed by atoms with E-state index < -0.39 is 0 Å². The lowest BCUT2D eigenvalue weighted by Gasteiger charge is -2.14. The number of rotatable bonds is 0. The highest BCUT2D eigenvalue weighted by Gasteiger charge is 2.17. The lowest BCUT2D eigenvalue weighted by Crippen LogP contribution is -2.07. The van der Waals surface area contributed by atoms with E-state index >= 15 is 0 Å². The van der Waals surface area contributed by atoms with Gasteiger partial charge in [0.05, 0.1) is 4.70 Å². The average molecular weight is 230 g/mol. The molecule has 0 spiro atoms. The molecule has 0 aromatic carbocycles. The van der Waals surface area contributed by atoms with Crippen molar-refractivity contribution < 1.29 is 0 Å². The zero-order chi connectivity index (χ0) is 9.64. The molecular formula is C9H10OS3. The monoisotopic (exact) mass is 230 g/mol. The van der Waals surface area contributed by atoms with Crippen LogP contribution in [0.5, 0.6) is 0 Å². The molecule has 2 rings (SSSR count). The second-order valence-electron chi connectivity index (χ2n) is 3.97. The maximum absolute atomic E-state index is 11.1. The summed E-state index contributed by atoms with van der Waals surface area (Å²) in [6.07, 6.45) is 0. The zero-order valence-electron chi connectivity index (χ0n) is 7.71. The Morgan fingerprint density at radius 3 is 2.38 bits per heavy atom. The number of thiophene rings is 1. The fourth-order valence-corrected chi connectivity index (χ4v) is 4.73. The Bertz CT molecular complexity index is 446. The van der Waals surface area contributed by atoms with Gasteiger partial charge in [-0.2, -0.15) is 0 Å². The molecule has 2 aromatic heterocycles. The maximum Gasteiger partial charge on any atom is 0.289 e. The van der Waals surface area contributed by atoms with E-state index in [9.17, 15) is 4.79 Å². The van der Waals surface area contributed by atoms with Crippen LogP contribution >= 0.6 is 34.0 Å².